The Morgan fingerprint density at radius 3 is 2.33 bits per heavy atom. The number of anilines is 2. The monoisotopic (exact) mass is 244 g/mol. The molecule has 0 fully saturated rings. The van der Waals surface area contributed by atoms with E-state index in [1.807, 2.05) is 31.9 Å². The molecule has 1 aromatic carbocycles. The van der Waals surface area contributed by atoms with Gasteiger partial charge in [0, 0.05) is 33.0 Å². The molecule has 4 heteroatoms. The molecule has 0 saturated carbocycles. The minimum Gasteiger partial charge on any atom is -0.378 e. The minimum absolute atomic E-state index is 0.577. The van der Waals surface area contributed by atoms with Crippen molar-refractivity contribution in [3.8, 4) is 0 Å². The minimum atomic E-state index is 0.577. The summed E-state index contributed by atoms with van der Waals surface area (Å²) in [6.45, 7) is 0. The predicted molar refractivity (Wildman–Crippen MR) is 75.8 cm³/mol. The van der Waals surface area contributed by atoms with E-state index in [9.17, 15) is 0 Å². The highest BCUT2D eigenvalue weighted by Crippen LogP contribution is 2.14. The summed E-state index contributed by atoms with van der Waals surface area (Å²) in [4.78, 5) is 6.40. The molecule has 0 aliphatic heterocycles. The van der Waals surface area contributed by atoms with Gasteiger partial charge in [0.1, 0.15) is 0 Å². The molecule has 0 amide bonds. The van der Waals surface area contributed by atoms with Crippen LogP contribution >= 0.6 is 0 Å². The second kappa shape index (κ2) is 5.12. The summed E-state index contributed by atoms with van der Waals surface area (Å²) < 4.78 is 1.85. The van der Waals surface area contributed by atoms with Crippen LogP contribution in [0.3, 0.4) is 0 Å². The lowest BCUT2D eigenvalue weighted by Gasteiger charge is -2.12. The van der Waals surface area contributed by atoms with Gasteiger partial charge in [0.15, 0.2) is 5.95 Å². The van der Waals surface area contributed by atoms with Gasteiger partial charge in [-0.15, -0.1) is 0 Å². The number of aromatic nitrogens is 2. The highest BCUT2D eigenvalue weighted by molar-refractivity contribution is 5.46. The van der Waals surface area contributed by atoms with E-state index < -0.39 is 0 Å². The largest absolute Gasteiger partial charge is 0.378 e. The second-order valence-corrected chi connectivity index (χ2v) is 4.76. The fourth-order valence-corrected chi connectivity index (χ4v) is 1.90. The van der Waals surface area contributed by atoms with Crippen LogP contribution in [0.5, 0.6) is 0 Å². The Kier molecular flexibility index (Phi) is 3.55. The third-order valence-corrected chi connectivity index (χ3v) is 3.08. The highest BCUT2D eigenvalue weighted by atomic mass is 15.1. The zero-order valence-electron chi connectivity index (χ0n) is 11.2. The van der Waals surface area contributed by atoms with Crippen molar-refractivity contribution in [2.24, 2.45) is 7.05 Å². The number of rotatable bonds is 4. The van der Waals surface area contributed by atoms with Crippen molar-refractivity contribution in [3.05, 3.63) is 41.7 Å². The van der Waals surface area contributed by atoms with Crippen LogP contribution in [-0.2, 0) is 19.9 Å². The fraction of sp³-hybridized carbons (Fsp3) is 0.357. The quantitative estimate of drug-likeness (QED) is 0.893. The number of benzene rings is 1. The van der Waals surface area contributed by atoms with Crippen LogP contribution in [0.25, 0.3) is 0 Å². The molecule has 18 heavy (non-hydrogen) atoms. The van der Waals surface area contributed by atoms with Gasteiger partial charge in [-0.1, -0.05) is 12.1 Å². The van der Waals surface area contributed by atoms with Crippen molar-refractivity contribution in [2.75, 3.05) is 24.7 Å². The van der Waals surface area contributed by atoms with E-state index in [-0.39, 0.29) is 0 Å². The smallest absolute Gasteiger partial charge is 0.200 e. The molecule has 2 aromatic rings. The molecule has 0 atom stereocenters. The van der Waals surface area contributed by atoms with Crippen LogP contribution in [0.15, 0.2) is 30.5 Å². The van der Waals surface area contributed by atoms with E-state index in [4.69, 9.17) is 5.73 Å². The Morgan fingerprint density at radius 1 is 1.17 bits per heavy atom. The Bertz CT molecular complexity index is 492. The first kappa shape index (κ1) is 12.5. The molecule has 0 unspecified atom stereocenters. The van der Waals surface area contributed by atoms with E-state index in [0.29, 0.717) is 5.95 Å². The summed E-state index contributed by atoms with van der Waals surface area (Å²) in [5, 5.41) is 0. The van der Waals surface area contributed by atoms with Crippen molar-refractivity contribution in [3.63, 3.8) is 0 Å². The number of nitrogens with two attached hydrogens (primary N) is 1. The first-order valence-corrected chi connectivity index (χ1v) is 6.10. The van der Waals surface area contributed by atoms with E-state index >= 15 is 0 Å². The number of nitrogen functional groups attached to an aromatic ring is 1. The molecule has 1 heterocycles. The molecular formula is C14H20N4. The molecule has 0 saturated heterocycles. The van der Waals surface area contributed by atoms with Gasteiger partial charge < -0.3 is 15.2 Å². The summed E-state index contributed by atoms with van der Waals surface area (Å²) in [5.74, 6) is 0.577. The lowest BCUT2D eigenvalue weighted by atomic mass is 10.1. The van der Waals surface area contributed by atoms with Gasteiger partial charge in [-0.25, -0.2) is 4.98 Å². The van der Waals surface area contributed by atoms with Gasteiger partial charge in [-0.05, 0) is 30.5 Å². The molecule has 0 bridgehead atoms. The number of aryl methyl sites for hydroxylation is 3. The average molecular weight is 244 g/mol. The molecular weight excluding hydrogens is 224 g/mol. The highest BCUT2D eigenvalue weighted by Gasteiger charge is 2.02. The van der Waals surface area contributed by atoms with Crippen LogP contribution < -0.4 is 10.6 Å². The molecule has 4 nitrogen and oxygen atoms in total. The number of nitrogens with zero attached hydrogens (tertiary/aromatic N) is 3. The van der Waals surface area contributed by atoms with Gasteiger partial charge in [-0.3, -0.25) is 0 Å². The Balaban J connectivity index is 1.97. The molecule has 2 rings (SSSR count). The van der Waals surface area contributed by atoms with Crippen molar-refractivity contribution < 1.29 is 0 Å². The third kappa shape index (κ3) is 2.83. The van der Waals surface area contributed by atoms with Gasteiger partial charge in [-0.2, -0.15) is 0 Å². The van der Waals surface area contributed by atoms with Crippen LogP contribution in [0.4, 0.5) is 11.6 Å². The first-order valence-electron chi connectivity index (χ1n) is 6.10. The maximum absolute atomic E-state index is 5.71. The standard InChI is InChI=1S/C14H20N4/c1-17(2)13-8-5-11(6-9-13)4-7-12-10-18(3)14(15)16-12/h5-6,8-10H,4,7H2,1-3H3,(H2,15,16). The van der Waals surface area contributed by atoms with E-state index in [0.717, 1.165) is 18.5 Å². The summed E-state index contributed by atoms with van der Waals surface area (Å²) in [5.41, 5.74) is 9.30. The molecule has 96 valence electrons. The van der Waals surface area contributed by atoms with Crippen molar-refractivity contribution in [1.82, 2.24) is 9.55 Å². The SMILES string of the molecule is CN(C)c1ccc(CCc2cn(C)c(N)n2)cc1. The van der Waals surface area contributed by atoms with E-state index in [1.54, 1.807) is 0 Å². The lowest BCUT2D eigenvalue weighted by molar-refractivity contribution is 0.909. The van der Waals surface area contributed by atoms with Crippen LogP contribution in [0.1, 0.15) is 11.3 Å². The maximum Gasteiger partial charge on any atom is 0.200 e. The molecule has 1 aromatic heterocycles. The Labute approximate surface area is 108 Å². The normalized spacial score (nSPS) is 10.6. The predicted octanol–water partition coefficient (Wildman–Crippen LogP) is 1.85. The average Bonchev–Trinajstić information content (AvgIpc) is 2.67. The number of hydrogen-bond acceptors (Lipinski definition) is 3. The Hall–Kier alpha value is -1.97. The van der Waals surface area contributed by atoms with Crippen molar-refractivity contribution in [1.29, 1.82) is 0 Å². The molecule has 0 aliphatic carbocycles. The second-order valence-electron chi connectivity index (χ2n) is 4.76. The lowest BCUT2D eigenvalue weighted by Crippen LogP contribution is -2.08. The topological polar surface area (TPSA) is 47.1 Å². The van der Waals surface area contributed by atoms with Crippen molar-refractivity contribution >= 4 is 11.6 Å². The summed E-state index contributed by atoms with van der Waals surface area (Å²) in [7, 11) is 6.01. The molecule has 0 radical (unpaired) electrons. The molecule has 0 spiro atoms. The third-order valence-electron chi connectivity index (χ3n) is 3.08. The van der Waals surface area contributed by atoms with Gasteiger partial charge in [0.05, 0.1) is 5.69 Å². The van der Waals surface area contributed by atoms with Crippen LogP contribution in [0.2, 0.25) is 0 Å². The van der Waals surface area contributed by atoms with Crippen LogP contribution in [0, 0.1) is 0 Å². The summed E-state index contributed by atoms with van der Waals surface area (Å²) >= 11 is 0. The summed E-state index contributed by atoms with van der Waals surface area (Å²) in [6, 6.07) is 8.62. The van der Waals surface area contributed by atoms with Gasteiger partial charge in [0.2, 0.25) is 0 Å². The van der Waals surface area contributed by atoms with Crippen molar-refractivity contribution in [2.45, 2.75) is 12.8 Å². The molecule has 2 N–H and O–H groups in total. The van der Waals surface area contributed by atoms with E-state index in [1.165, 1.54) is 11.3 Å². The van der Waals surface area contributed by atoms with E-state index in [2.05, 4.69) is 34.1 Å². The zero-order valence-corrected chi connectivity index (χ0v) is 11.2. The fourth-order valence-electron chi connectivity index (χ4n) is 1.90. The van der Waals surface area contributed by atoms with Crippen LogP contribution in [-0.4, -0.2) is 23.6 Å². The first-order chi connectivity index (χ1) is 8.56. The summed E-state index contributed by atoms with van der Waals surface area (Å²) in [6.07, 6.45) is 3.90. The number of hydrogen-bond donors (Lipinski definition) is 1. The number of imidazole rings is 1. The van der Waals surface area contributed by atoms with Gasteiger partial charge >= 0.3 is 0 Å². The molecule has 0 aliphatic rings. The van der Waals surface area contributed by atoms with Gasteiger partial charge in [0.25, 0.3) is 0 Å². The maximum atomic E-state index is 5.71. The Morgan fingerprint density at radius 2 is 1.83 bits per heavy atom. The zero-order chi connectivity index (χ0) is 13.1.